The van der Waals surface area contributed by atoms with Crippen molar-refractivity contribution in [2.45, 2.75) is 0 Å². The molecule has 5 heteroatoms. The Morgan fingerprint density at radius 1 is 1.11 bits per heavy atom. The highest BCUT2D eigenvalue weighted by atomic mass is 16.5. The first-order chi connectivity index (χ1) is 8.80. The smallest absolute Gasteiger partial charge is 0.168 e. The maximum atomic E-state index is 9.01. The van der Waals surface area contributed by atoms with Crippen molar-refractivity contribution in [3.8, 4) is 28.7 Å². The molecular formula is C13H11N3O2. The number of aromatic nitrogens is 2. The number of nitrogens with zero attached hydrogens (tertiary/aromatic N) is 3. The van der Waals surface area contributed by atoms with Gasteiger partial charge >= 0.3 is 0 Å². The Morgan fingerprint density at radius 3 is 2.39 bits per heavy atom. The van der Waals surface area contributed by atoms with E-state index in [9.17, 15) is 0 Å². The first-order valence-electron chi connectivity index (χ1n) is 5.21. The summed E-state index contributed by atoms with van der Waals surface area (Å²) in [5.41, 5.74) is 1.99. The van der Waals surface area contributed by atoms with Crippen molar-refractivity contribution in [3.05, 3.63) is 36.4 Å². The van der Waals surface area contributed by atoms with Crippen LogP contribution in [0.25, 0.3) is 11.1 Å². The summed E-state index contributed by atoms with van der Waals surface area (Å²) in [6.45, 7) is 0. The van der Waals surface area contributed by atoms with Gasteiger partial charge in [0.1, 0.15) is 6.33 Å². The van der Waals surface area contributed by atoms with E-state index in [2.05, 4.69) is 16.0 Å². The van der Waals surface area contributed by atoms with Gasteiger partial charge in [-0.1, -0.05) is 0 Å². The molecule has 0 radical (unpaired) electrons. The van der Waals surface area contributed by atoms with E-state index in [1.807, 2.05) is 0 Å². The van der Waals surface area contributed by atoms with Gasteiger partial charge in [0, 0.05) is 29.6 Å². The zero-order chi connectivity index (χ0) is 13.0. The number of nitriles is 1. The molecule has 18 heavy (non-hydrogen) atoms. The van der Waals surface area contributed by atoms with Crippen molar-refractivity contribution in [1.82, 2.24) is 9.97 Å². The Hall–Kier alpha value is -2.61. The number of rotatable bonds is 3. The molecule has 0 atom stereocenters. The molecule has 0 spiro atoms. The van der Waals surface area contributed by atoms with Crippen molar-refractivity contribution in [1.29, 1.82) is 5.26 Å². The molecule has 0 aliphatic carbocycles. The van der Waals surface area contributed by atoms with Gasteiger partial charge in [0.15, 0.2) is 11.5 Å². The molecule has 2 aromatic rings. The minimum Gasteiger partial charge on any atom is -0.493 e. The molecular weight excluding hydrogens is 230 g/mol. The Morgan fingerprint density at radius 2 is 1.83 bits per heavy atom. The molecule has 0 amide bonds. The second-order valence-electron chi connectivity index (χ2n) is 3.50. The number of ether oxygens (including phenoxy) is 2. The van der Waals surface area contributed by atoms with Crippen molar-refractivity contribution in [2.75, 3.05) is 14.2 Å². The third-order valence-corrected chi connectivity index (χ3v) is 2.48. The quantitative estimate of drug-likeness (QED) is 0.822. The van der Waals surface area contributed by atoms with Gasteiger partial charge in [0.2, 0.25) is 0 Å². The summed E-state index contributed by atoms with van der Waals surface area (Å²) in [7, 11) is 3.08. The van der Waals surface area contributed by atoms with Crippen LogP contribution in [0.2, 0.25) is 0 Å². The molecule has 0 unspecified atom stereocenters. The van der Waals surface area contributed by atoms with E-state index in [0.29, 0.717) is 17.1 Å². The zero-order valence-corrected chi connectivity index (χ0v) is 10.0. The SMILES string of the molecule is COc1cc(C#N)cc(-c2cncnc2)c1OC. The molecule has 1 aromatic heterocycles. The van der Waals surface area contributed by atoms with Crippen LogP contribution in [0, 0.1) is 11.3 Å². The Labute approximate surface area is 105 Å². The largest absolute Gasteiger partial charge is 0.493 e. The molecule has 1 aromatic carbocycles. The number of benzene rings is 1. The highest BCUT2D eigenvalue weighted by Gasteiger charge is 2.14. The summed E-state index contributed by atoms with van der Waals surface area (Å²) in [6, 6.07) is 5.44. The van der Waals surface area contributed by atoms with Gasteiger partial charge in [-0.2, -0.15) is 5.26 Å². The van der Waals surface area contributed by atoms with Gasteiger partial charge < -0.3 is 9.47 Å². The first-order valence-corrected chi connectivity index (χ1v) is 5.21. The third kappa shape index (κ3) is 2.09. The molecule has 0 N–H and O–H groups in total. The van der Waals surface area contributed by atoms with Gasteiger partial charge in [-0.15, -0.1) is 0 Å². The molecule has 0 fully saturated rings. The maximum absolute atomic E-state index is 9.01. The van der Waals surface area contributed by atoms with E-state index in [0.717, 1.165) is 11.1 Å². The monoisotopic (exact) mass is 241 g/mol. The van der Waals surface area contributed by atoms with E-state index in [-0.39, 0.29) is 0 Å². The molecule has 0 saturated heterocycles. The minimum absolute atomic E-state index is 0.492. The van der Waals surface area contributed by atoms with Gasteiger partial charge in [-0.05, 0) is 6.07 Å². The van der Waals surface area contributed by atoms with Gasteiger partial charge in [-0.3, -0.25) is 0 Å². The van der Waals surface area contributed by atoms with Crippen molar-refractivity contribution in [3.63, 3.8) is 0 Å². The fourth-order valence-electron chi connectivity index (χ4n) is 1.68. The highest BCUT2D eigenvalue weighted by molar-refractivity contribution is 5.74. The van der Waals surface area contributed by atoms with E-state index in [4.69, 9.17) is 14.7 Å². The van der Waals surface area contributed by atoms with E-state index in [1.165, 1.54) is 13.4 Å². The fraction of sp³-hybridized carbons (Fsp3) is 0.154. The Kier molecular flexibility index (Phi) is 3.39. The van der Waals surface area contributed by atoms with Crippen LogP contribution in [-0.4, -0.2) is 24.2 Å². The molecule has 5 nitrogen and oxygen atoms in total. The van der Waals surface area contributed by atoms with Gasteiger partial charge in [0.05, 0.1) is 25.9 Å². The van der Waals surface area contributed by atoms with Crippen LogP contribution < -0.4 is 9.47 Å². The van der Waals surface area contributed by atoms with Crippen LogP contribution >= 0.6 is 0 Å². The second kappa shape index (κ2) is 5.15. The summed E-state index contributed by atoms with van der Waals surface area (Å²) in [5.74, 6) is 1.07. The molecule has 2 rings (SSSR count). The molecule has 90 valence electrons. The van der Waals surface area contributed by atoms with Crippen molar-refractivity contribution < 1.29 is 9.47 Å². The summed E-state index contributed by atoms with van der Waals surface area (Å²) >= 11 is 0. The standard InChI is InChI=1S/C13H11N3O2/c1-17-12-4-9(5-14)3-11(13(12)18-2)10-6-15-8-16-7-10/h3-4,6-8H,1-2H3. The zero-order valence-electron chi connectivity index (χ0n) is 10.0. The average molecular weight is 241 g/mol. The van der Waals surface area contributed by atoms with E-state index < -0.39 is 0 Å². The van der Waals surface area contributed by atoms with Crippen molar-refractivity contribution >= 4 is 0 Å². The topological polar surface area (TPSA) is 68.0 Å². The highest BCUT2D eigenvalue weighted by Crippen LogP contribution is 2.38. The number of methoxy groups -OCH3 is 2. The average Bonchev–Trinajstić information content (AvgIpc) is 2.46. The van der Waals surface area contributed by atoms with Crippen LogP contribution in [0.4, 0.5) is 0 Å². The predicted molar refractivity (Wildman–Crippen MR) is 65.3 cm³/mol. The summed E-state index contributed by atoms with van der Waals surface area (Å²) < 4.78 is 10.6. The van der Waals surface area contributed by atoms with E-state index in [1.54, 1.807) is 31.6 Å². The molecule has 0 aliphatic rings. The van der Waals surface area contributed by atoms with Crippen LogP contribution in [0.5, 0.6) is 11.5 Å². The summed E-state index contributed by atoms with van der Waals surface area (Å²) in [6.07, 6.45) is 4.76. The van der Waals surface area contributed by atoms with Gasteiger partial charge in [0.25, 0.3) is 0 Å². The summed E-state index contributed by atoms with van der Waals surface area (Å²) in [4.78, 5) is 7.91. The summed E-state index contributed by atoms with van der Waals surface area (Å²) in [5, 5.41) is 9.01. The minimum atomic E-state index is 0.492. The van der Waals surface area contributed by atoms with Crippen LogP contribution in [0.3, 0.4) is 0 Å². The van der Waals surface area contributed by atoms with Crippen LogP contribution in [0.15, 0.2) is 30.9 Å². The fourth-order valence-corrected chi connectivity index (χ4v) is 1.68. The molecule has 0 aliphatic heterocycles. The maximum Gasteiger partial charge on any atom is 0.168 e. The van der Waals surface area contributed by atoms with E-state index >= 15 is 0 Å². The van der Waals surface area contributed by atoms with Crippen LogP contribution in [-0.2, 0) is 0 Å². The second-order valence-corrected chi connectivity index (χ2v) is 3.50. The first kappa shape index (κ1) is 11.9. The lowest BCUT2D eigenvalue weighted by molar-refractivity contribution is 0.356. The normalized spacial score (nSPS) is 9.61. The molecule has 0 bridgehead atoms. The number of hydrogen-bond acceptors (Lipinski definition) is 5. The van der Waals surface area contributed by atoms with Crippen LogP contribution in [0.1, 0.15) is 5.56 Å². The number of hydrogen-bond donors (Lipinski definition) is 0. The molecule has 1 heterocycles. The Bertz CT molecular complexity index is 591. The lowest BCUT2D eigenvalue weighted by atomic mass is 10.0. The predicted octanol–water partition coefficient (Wildman–Crippen LogP) is 2.03. The molecule has 0 saturated carbocycles. The van der Waals surface area contributed by atoms with Crippen molar-refractivity contribution in [2.24, 2.45) is 0 Å². The van der Waals surface area contributed by atoms with Gasteiger partial charge in [-0.25, -0.2) is 9.97 Å². The lowest BCUT2D eigenvalue weighted by Crippen LogP contribution is -1.95. The lowest BCUT2D eigenvalue weighted by Gasteiger charge is -2.12. The third-order valence-electron chi connectivity index (χ3n) is 2.48. The Balaban J connectivity index is 2.69.